The maximum absolute atomic E-state index is 13.0. The van der Waals surface area contributed by atoms with E-state index in [0.29, 0.717) is 11.1 Å². The molecule has 0 N–H and O–H groups in total. The van der Waals surface area contributed by atoms with E-state index in [-0.39, 0.29) is 38.7 Å². The minimum Gasteiger partial charge on any atom is -0.438 e. The number of aromatic nitrogens is 4. The van der Waals surface area contributed by atoms with E-state index in [2.05, 4.69) is 26.3 Å². The topological polar surface area (TPSA) is 99.4 Å². The molecule has 0 saturated heterocycles. The molecule has 1 amide bonds. The summed E-state index contributed by atoms with van der Waals surface area (Å²) in [7, 11) is 2.76. The van der Waals surface area contributed by atoms with Gasteiger partial charge in [0.25, 0.3) is 5.95 Å². The summed E-state index contributed by atoms with van der Waals surface area (Å²) in [6.07, 6.45) is -1.89. The van der Waals surface area contributed by atoms with Crippen LogP contribution in [0.25, 0.3) is 0 Å². The number of rotatable bonds is 4. The third-order valence-electron chi connectivity index (χ3n) is 3.35. The van der Waals surface area contributed by atoms with Crippen LogP contribution in [-0.2, 0) is 49.2 Å². The van der Waals surface area contributed by atoms with Crippen LogP contribution in [0.2, 0.25) is 0 Å². The van der Waals surface area contributed by atoms with Crippen molar-refractivity contribution in [1.82, 2.24) is 20.2 Å². The minimum atomic E-state index is -0.977. The Hall–Kier alpha value is -1.87. The smallest absolute Gasteiger partial charge is 0.438 e. The van der Waals surface area contributed by atoms with Gasteiger partial charge in [-0.25, -0.2) is 14.4 Å². The minimum absolute atomic E-state index is 0. The average molecular weight is 421 g/mol. The van der Waals surface area contributed by atoms with Crippen molar-refractivity contribution in [3.63, 3.8) is 0 Å². The number of carbonyl (C=O) groups is 2. The van der Waals surface area contributed by atoms with Gasteiger partial charge in [0.1, 0.15) is 0 Å². The van der Waals surface area contributed by atoms with Gasteiger partial charge in [0.05, 0.1) is 7.11 Å². The number of hydrogen-bond acceptors (Lipinski definition) is 7. The summed E-state index contributed by atoms with van der Waals surface area (Å²) in [6.45, 7) is 5.19. The fraction of sp³-hybridized carbons (Fsp3) is 0.400. The Morgan fingerprint density at radius 3 is 2.52 bits per heavy atom. The summed E-state index contributed by atoms with van der Waals surface area (Å²) < 4.78 is 10.9. The number of benzene rings is 1. The van der Waals surface area contributed by atoms with Gasteiger partial charge in [0, 0.05) is 39.8 Å². The van der Waals surface area contributed by atoms with E-state index < -0.39 is 18.3 Å². The number of amides is 1. The Balaban J connectivity index is 0.00000312. The van der Waals surface area contributed by atoms with Gasteiger partial charge >= 0.3 is 6.16 Å². The number of methoxy groups -OCH3 is 1. The number of anilines is 1. The summed E-state index contributed by atoms with van der Waals surface area (Å²) in [5.74, 6) is -0.283. The van der Waals surface area contributed by atoms with Crippen LogP contribution < -0.4 is 4.90 Å². The van der Waals surface area contributed by atoms with Crippen LogP contribution in [0, 0.1) is 19.9 Å². The quantitative estimate of drug-likeness (QED) is 0.418. The van der Waals surface area contributed by atoms with Gasteiger partial charge in [-0.05, 0) is 17.4 Å². The van der Waals surface area contributed by atoms with Gasteiger partial charge < -0.3 is 9.47 Å². The third kappa shape index (κ3) is 4.82. The van der Waals surface area contributed by atoms with Crippen molar-refractivity contribution in [1.29, 1.82) is 0 Å². The zero-order chi connectivity index (χ0) is 17.9. The Morgan fingerprint density at radius 1 is 1.32 bits per heavy atom. The maximum atomic E-state index is 13.0. The van der Waals surface area contributed by atoms with Crippen LogP contribution in [0.15, 0.2) is 12.1 Å². The Bertz CT molecular complexity index is 764. The first-order chi connectivity index (χ1) is 11.3. The Morgan fingerprint density at radius 2 is 2.00 bits per heavy atom. The molecule has 10 heteroatoms. The molecule has 0 bridgehead atoms. The van der Waals surface area contributed by atoms with Crippen molar-refractivity contribution in [3.05, 3.63) is 34.9 Å². The molecule has 0 fully saturated rings. The van der Waals surface area contributed by atoms with Crippen molar-refractivity contribution in [3.8, 4) is 0 Å². The zero-order valence-corrected chi connectivity index (χ0v) is 17.5. The number of nitrogens with zero attached hydrogens (tertiary/aromatic N) is 5. The summed E-state index contributed by atoms with van der Waals surface area (Å²) in [6, 6.07) is 6.55. The van der Waals surface area contributed by atoms with Gasteiger partial charge in [-0.1, -0.05) is 24.5 Å². The standard InChI is InChI=1S/C15H18N5O4.Y/c1-9-6-7-12(10(2)8-9)13(21)20(11(3)24-15(22)23-5)14-16-17-18-19(14)4;/h6-7,11H,1-5H3;/q-1;. The van der Waals surface area contributed by atoms with Crippen molar-refractivity contribution >= 4 is 18.0 Å². The van der Waals surface area contributed by atoms with Gasteiger partial charge in [-0.2, -0.15) is 29.3 Å². The molecule has 2 aromatic rings. The van der Waals surface area contributed by atoms with Crippen molar-refractivity contribution in [2.75, 3.05) is 12.0 Å². The molecule has 1 heterocycles. The second-order valence-electron chi connectivity index (χ2n) is 5.13. The summed E-state index contributed by atoms with van der Waals surface area (Å²) >= 11 is 0. The fourth-order valence-electron chi connectivity index (χ4n) is 2.19. The molecular weight excluding hydrogens is 403 g/mol. The predicted molar refractivity (Wildman–Crippen MR) is 83.3 cm³/mol. The predicted octanol–water partition coefficient (Wildman–Crippen LogP) is 1.40. The molecule has 9 nitrogen and oxygen atoms in total. The molecule has 1 aromatic heterocycles. The average Bonchev–Trinajstić information content (AvgIpc) is 2.93. The second-order valence-corrected chi connectivity index (χ2v) is 5.13. The fourth-order valence-corrected chi connectivity index (χ4v) is 2.19. The van der Waals surface area contributed by atoms with Gasteiger partial charge in [-0.15, -0.1) is 0 Å². The SMILES string of the molecule is COC(=O)OC(C)N(C(=O)c1ccc(C)[c-]c1C)c1nnnn1C.[Y]. The number of carbonyl (C=O) groups excluding carboxylic acids is 2. The van der Waals surface area contributed by atoms with E-state index in [1.807, 2.05) is 6.92 Å². The second kappa shape index (κ2) is 9.00. The molecule has 131 valence electrons. The van der Waals surface area contributed by atoms with Crippen LogP contribution in [0.1, 0.15) is 28.4 Å². The van der Waals surface area contributed by atoms with Crippen molar-refractivity contribution in [2.45, 2.75) is 27.0 Å². The first-order valence-electron chi connectivity index (χ1n) is 7.15. The zero-order valence-electron chi connectivity index (χ0n) is 14.7. The number of aryl methyl sites for hydroxylation is 3. The van der Waals surface area contributed by atoms with E-state index in [0.717, 1.165) is 5.56 Å². The van der Waals surface area contributed by atoms with Gasteiger partial charge in [-0.3, -0.25) is 4.79 Å². The normalized spacial score (nSPS) is 11.2. The largest absolute Gasteiger partial charge is 0.509 e. The van der Waals surface area contributed by atoms with Crippen LogP contribution >= 0.6 is 0 Å². The first-order valence-corrected chi connectivity index (χ1v) is 7.15. The van der Waals surface area contributed by atoms with E-state index in [9.17, 15) is 9.59 Å². The molecule has 0 aliphatic rings. The van der Waals surface area contributed by atoms with Crippen LogP contribution in [0.4, 0.5) is 10.7 Å². The number of hydrogen-bond donors (Lipinski definition) is 0. The Kier molecular flexibility index (Phi) is 7.63. The molecule has 0 aliphatic heterocycles. The van der Waals surface area contributed by atoms with E-state index in [4.69, 9.17) is 4.74 Å². The molecular formula is C15H18N5O4Y-. The van der Waals surface area contributed by atoms with E-state index >= 15 is 0 Å². The molecule has 1 unspecified atom stereocenters. The van der Waals surface area contributed by atoms with Crippen LogP contribution in [-0.4, -0.2) is 45.6 Å². The molecule has 25 heavy (non-hydrogen) atoms. The molecule has 0 aliphatic carbocycles. The van der Waals surface area contributed by atoms with Gasteiger partial charge in [0.15, 0.2) is 6.23 Å². The van der Waals surface area contributed by atoms with Crippen molar-refractivity contribution < 1.29 is 51.8 Å². The molecule has 0 spiro atoms. The maximum Gasteiger partial charge on any atom is 0.509 e. The molecule has 2 rings (SSSR count). The summed E-state index contributed by atoms with van der Waals surface area (Å²) in [5, 5.41) is 11.1. The molecule has 1 atom stereocenters. The molecule has 1 aromatic carbocycles. The Labute approximate surface area is 170 Å². The van der Waals surface area contributed by atoms with E-state index in [1.165, 1.54) is 23.6 Å². The monoisotopic (exact) mass is 421 g/mol. The summed E-state index contributed by atoms with van der Waals surface area (Å²) in [4.78, 5) is 25.6. The van der Waals surface area contributed by atoms with Crippen molar-refractivity contribution in [2.24, 2.45) is 7.05 Å². The first kappa shape index (κ1) is 21.2. The third-order valence-corrected chi connectivity index (χ3v) is 3.35. The number of tetrazole rings is 1. The molecule has 0 saturated carbocycles. The van der Waals surface area contributed by atoms with Crippen LogP contribution in [0.5, 0.6) is 0 Å². The van der Waals surface area contributed by atoms with Gasteiger partial charge in [0.2, 0.25) is 5.91 Å². The molecule has 1 radical (unpaired) electrons. The van der Waals surface area contributed by atoms with E-state index in [1.54, 1.807) is 26.1 Å². The van der Waals surface area contributed by atoms with Crippen LogP contribution in [0.3, 0.4) is 0 Å². The summed E-state index contributed by atoms with van der Waals surface area (Å²) in [5.41, 5.74) is 1.99. The number of ether oxygens (including phenoxy) is 2.